The number of benzene rings is 2. The predicted octanol–water partition coefficient (Wildman–Crippen LogP) is 6.36. The second-order valence-corrected chi connectivity index (χ2v) is 12.9. The number of nitrogens with one attached hydrogen (secondary N) is 1. The van der Waals surface area contributed by atoms with Crippen LogP contribution in [0.1, 0.15) is 55.0 Å². The molecule has 5 nitrogen and oxygen atoms in total. The fourth-order valence-corrected chi connectivity index (χ4v) is 10.1. The van der Waals surface area contributed by atoms with Crippen molar-refractivity contribution in [1.29, 1.82) is 0 Å². The van der Waals surface area contributed by atoms with Crippen LogP contribution in [0.4, 0.5) is 11.4 Å². The van der Waals surface area contributed by atoms with E-state index < -0.39 is 0 Å². The molecule has 37 heavy (non-hydrogen) atoms. The van der Waals surface area contributed by atoms with E-state index in [0.29, 0.717) is 11.2 Å². The normalized spacial score (nSPS) is 25.5. The second-order valence-electron chi connectivity index (χ2n) is 10.8. The summed E-state index contributed by atoms with van der Waals surface area (Å²) in [6.45, 7) is 8.45. The standard InChI is InChI=1S/C30H35N3O2S2/c1-4-32(5-2)23-14-10-19(11-15-23)25-26-20-8-9-21(16-20)27(26)36-29-28(25)37-30(35)33(29)17-24(34)31-22-12-6-18(3)7-13-22/h6-7,10-15,20-21,25-27H,4-5,8-9,16-17H2,1-3H3,(H,31,34). The van der Waals surface area contributed by atoms with E-state index in [4.69, 9.17) is 0 Å². The smallest absolute Gasteiger partial charge is 0.308 e. The third-order valence-corrected chi connectivity index (χ3v) is 11.5. The number of hydrogen-bond donors (Lipinski definition) is 1. The Kier molecular flexibility index (Phi) is 6.70. The molecule has 6 rings (SSSR count). The molecule has 0 saturated heterocycles. The molecule has 1 aromatic heterocycles. The van der Waals surface area contributed by atoms with Crippen LogP contribution in [0.2, 0.25) is 0 Å². The van der Waals surface area contributed by atoms with Gasteiger partial charge in [-0.15, -0.1) is 11.8 Å². The minimum absolute atomic E-state index is 0.0198. The number of thiazole rings is 1. The maximum Gasteiger partial charge on any atom is 0.308 e. The van der Waals surface area contributed by atoms with Crippen LogP contribution < -0.4 is 15.1 Å². The summed E-state index contributed by atoms with van der Waals surface area (Å²) >= 11 is 3.25. The lowest BCUT2D eigenvalue weighted by atomic mass is 9.75. The number of carbonyl (C=O) groups excluding carboxylic acids is 1. The first-order chi connectivity index (χ1) is 18.0. The third kappa shape index (κ3) is 4.44. The molecule has 2 aromatic carbocycles. The largest absolute Gasteiger partial charge is 0.372 e. The maximum absolute atomic E-state index is 13.3. The Morgan fingerprint density at radius 2 is 1.73 bits per heavy atom. The number of anilines is 2. The van der Waals surface area contributed by atoms with Gasteiger partial charge >= 0.3 is 4.87 Å². The summed E-state index contributed by atoms with van der Waals surface area (Å²) in [5.41, 5.74) is 4.48. The average Bonchev–Trinajstić information content (AvgIpc) is 3.60. The summed E-state index contributed by atoms with van der Waals surface area (Å²) in [6.07, 6.45) is 3.91. The molecule has 0 radical (unpaired) electrons. The molecule has 2 bridgehead atoms. The number of aryl methyl sites for hydroxylation is 1. The molecule has 194 valence electrons. The molecule has 2 saturated carbocycles. The molecule has 3 aromatic rings. The molecule has 2 heterocycles. The minimum Gasteiger partial charge on any atom is -0.372 e. The lowest BCUT2D eigenvalue weighted by molar-refractivity contribution is -0.116. The first kappa shape index (κ1) is 24.8. The van der Waals surface area contributed by atoms with Gasteiger partial charge in [0.05, 0.1) is 5.03 Å². The second kappa shape index (κ2) is 9.99. The molecule has 5 unspecified atom stereocenters. The van der Waals surface area contributed by atoms with Gasteiger partial charge in [-0.2, -0.15) is 0 Å². The molecule has 7 heteroatoms. The zero-order valence-electron chi connectivity index (χ0n) is 21.8. The zero-order chi connectivity index (χ0) is 25.7. The number of thioether (sulfide) groups is 1. The first-order valence-electron chi connectivity index (χ1n) is 13.6. The van der Waals surface area contributed by atoms with E-state index in [1.54, 1.807) is 4.57 Å². The Morgan fingerprint density at radius 3 is 2.43 bits per heavy atom. The van der Waals surface area contributed by atoms with Gasteiger partial charge in [0.25, 0.3) is 0 Å². The Balaban J connectivity index is 1.34. The van der Waals surface area contributed by atoms with E-state index in [9.17, 15) is 9.59 Å². The highest BCUT2D eigenvalue weighted by Crippen LogP contribution is 2.64. The van der Waals surface area contributed by atoms with Crippen molar-refractivity contribution in [3.8, 4) is 0 Å². The molecule has 2 fully saturated rings. The van der Waals surface area contributed by atoms with E-state index in [1.807, 2.05) is 43.0 Å². The van der Waals surface area contributed by atoms with Gasteiger partial charge in [-0.25, -0.2) is 0 Å². The maximum atomic E-state index is 13.3. The van der Waals surface area contributed by atoms with Crippen LogP contribution in [0.5, 0.6) is 0 Å². The molecule has 0 spiro atoms. The quantitative estimate of drug-likeness (QED) is 0.384. The van der Waals surface area contributed by atoms with Gasteiger partial charge in [0, 0.05) is 40.5 Å². The molecule has 5 atom stereocenters. The minimum atomic E-state index is -0.151. The Labute approximate surface area is 227 Å². The highest BCUT2D eigenvalue weighted by atomic mass is 32.2. The van der Waals surface area contributed by atoms with Crippen LogP contribution in [0.3, 0.4) is 0 Å². The van der Waals surface area contributed by atoms with Gasteiger partial charge in [0.1, 0.15) is 6.54 Å². The lowest BCUT2D eigenvalue weighted by Crippen LogP contribution is -2.35. The Morgan fingerprint density at radius 1 is 1.03 bits per heavy atom. The number of fused-ring (bicyclic) bond motifs is 6. The fourth-order valence-electron chi connectivity index (χ4n) is 6.92. The summed E-state index contributed by atoms with van der Waals surface area (Å²) in [5.74, 6) is 2.11. The summed E-state index contributed by atoms with van der Waals surface area (Å²) in [4.78, 5) is 29.8. The van der Waals surface area contributed by atoms with Crippen LogP contribution in [-0.4, -0.2) is 28.8 Å². The molecule has 1 amide bonds. The Hall–Kier alpha value is -2.51. The van der Waals surface area contributed by atoms with E-state index in [-0.39, 0.29) is 23.2 Å². The number of hydrogen-bond acceptors (Lipinski definition) is 5. The van der Waals surface area contributed by atoms with E-state index in [2.05, 4.69) is 48.3 Å². The third-order valence-electron chi connectivity index (χ3n) is 8.71. The van der Waals surface area contributed by atoms with Crippen LogP contribution in [0, 0.1) is 24.7 Å². The lowest BCUT2D eigenvalue weighted by Gasteiger charge is -2.40. The van der Waals surface area contributed by atoms with Gasteiger partial charge in [-0.05, 0) is 87.6 Å². The van der Waals surface area contributed by atoms with Gasteiger partial charge in [0.2, 0.25) is 5.91 Å². The molecule has 1 aliphatic heterocycles. The van der Waals surface area contributed by atoms with E-state index in [0.717, 1.165) is 41.2 Å². The Bertz CT molecular complexity index is 1340. The van der Waals surface area contributed by atoms with Crippen molar-refractivity contribution in [2.24, 2.45) is 17.8 Å². The highest BCUT2D eigenvalue weighted by Gasteiger charge is 2.55. The van der Waals surface area contributed by atoms with Gasteiger partial charge in [-0.3, -0.25) is 14.2 Å². The number of aromatic nitrogens is 1. The number of nitrogens with zero attached hydrogens (tertiary/aromatic N) is 2. The van der Waals surface area contributed by atoms with E-state index >= 15 is 0 Å². The molecule has 3 aliphatic rings. The van der Waals surface area contributed by atoms with E-state index in [1.165, 1.54) is 46.7 Å². The summed E-state index contributed by atoms with van der Waals surface area (Å²) < 4.78 is 1.74. The van der Waals surface area contributed by atoms with Crippen molar-refractivity contribution in [2.75, 3.05) is 23.3 Å². The van der Waals surface area contributed by atoms with Crippen molar-refractivity contribution in [3.63, 3.8) is 0 Å². The average molecular weight is 534 g/mol. The molecule has 2 aliphatic carbocycles. The summed E-state index contributed by atoms with van der Waals surface area (Å²) in [5, 5.41) is 4.53. The van der Waals surface area contributed by atoms with Crippen LogP contribution in [0.25, 0.3) is 0 Å². The van der Waals surface area contributed by atoms with Crippen molar-refractivity contribution in [1.82, 2.24) is 4.57 Å². The molecular formula is C30H35N3O2S2. The SMILES string of the molecule is CCN(CC)c1ccc(C2c3sc(=O)n(CC(=O)Nc4ccc(C)cc4)c3SC3C4CCC(C4)C23)cc1. The van der Waals surface area contributed by atoms with Crippen LogP contribution in [-0.2, 0) is 11.3 Å². The molecule has 1 N–H and O–H groups in total. The summed E-state index contributed by atoms with van der Waals surface area (Å²) in [7, 11) is 0. The van der Waals surface area contributed by atoms with Crippen LogP contribution >= 0.6 is 23.1 Å². The number of amides is 1. The van der Waals surface area contributed by atoms with Gasteiger partial charge in [0.15, 0.2) is 0 Å². The van der Waals surface area contributed by atoms with Crippen molar-refractivity contribution >= 4 is 40.4 Å². The van der Waals surface area contributed by atoms with Gasteiger partial charge < -0.3 is 10.2 Å². The van der Waals surface area contributed by atoms with Crippen molar-refractivity contribution in [2.45, 2.75) is 62.8 Å². The number of carbonyl (C=O) groups is 1. The fraction of sp³-hybridized carbons (Fsp3) is 0.467. The predicted molar refractivity (Wildman–Crippen MR) is 154 cm³/mol. The van der Waals surface area contributed by atoms with Crippen LogP contribution in [0.15, 0.2) is 58.4 Å². The number of rotatable bonds is 7. The first-order valence-corrected chi connectivity index (χ1v) is 15.3. The highest BCUT2D eigenvalue weighted by molar-refractivity contribution is 8.00. The van der Waals surface area contributed by atoms with Crippen molar-refractivity contribution in [3.05, 3.63) is 74.2 Å². The topological polar surface area (TPSA) is 54.3 Å². The van der Waals surface area contributed by atoms with Crippen molar-refractivity contribution < 1.29 is 4.79 Å². The molecular weight excluding hydrogens is 498 g/mol. The summed E-state index contributed by atoms with van der Waals surface area (Å²) in [6, 6.07) is 16.9. The monoisotopic (exact) mass is 533 g/mol. The zero-order valence-corrected chi connectivity index (χ0v) is 23.4. The van der Waals surface area contributed by atoms with Gasteiger partial charge in [-0.1, -0.05) is 41.2 Å².